The zero-order chi connectivity index (χ0) is 22.9. The van der Waals surface area contributed by atoms with Gasteiger partial charge in [0.15, 0.2) is 6.10 Å². The van der Waals surface area contributed by atoms with Crippen molar-refractivity contribution in [2.45, 2.75) is 26.0 Å². The molecule has 1 aliphatic heterocycles. The third-order valence-corrected chi connectivity index (χ3v) is 6.38. The lowest BCUT2D eigenvalue weighted by Crippen LogP contribution is -2.56. The van der Waals surface area contributed by atoms with Gasteiger partial charge in [0.2, 0.25) is 0 Å². The minimum atomic E-state index is -0.615. The Morgan fingerprint density at radius 1 is 1.06 bits per heavy atom. The van der Waals surface area contributed by atoms with Gasteiger partial charge in [-0.2, -0.15) is 0 Å². The highest BCUT2D eigenvalue weighted by molar-refractivity contribution is 6.29. The largest absolute Gasteiger partial charge is 0.480 e. The summed E-state index contributed by atoms with van der Waals surface area (Å²) in [5, 5.41) is 3.56. The number of piperazine rings is 1. The van der Waals surface area contributed by atoms with Crippen LogP contribution in [0, 0.1) is 0 Å². The van der Waals surface area contributed by atoms with E-state index in [1.807, 2.05) is 53.6 Å². The van der Waals surface area contributed by atoms with Gasteiger partial charge in [0, 0.05) is 42.6 Å². The molecule has 1 fully saturated rings. The summed E-state index contributed by atoms with van der Waals surface area (Å²) in [6, 6.07) is 19.5. The Labute approximate surface area is 197 Å². The van der Waals surface area contributed by atoms with Crippen LogP contribution in [-0.2, 0) is 4.79 Å². The summed E-state index contributed by atoms with van der Waals surface area (Å²) >= 11 is 6.01. The third-order valence-electron chi connectivity index (χ3n) is 6.17. The number of carbonyl (C=O) groups excluding carboxylic acids is 1. The van der Waals surface area contributed by atoms with Crippen molar-refractivity contribution in [1.82, 2.24) is 14.9 Å². The van der Waals surface area contributed by atoms with Gasteiger partial charge in [-0.05, 0) is 49.6 Å². The Bertz CT molecular complexity index is 1320. The number of halogens is 1. The second-order valence-electron chi connectivity index (χ2n) is 8.40. The smallest absolute Gasteiger partial charge is 0.263 e. The van der Waals surface area contributed by atoms with Gasteiger partial charge in [0.1, 0.15) is 16.7 Å². The van der Waals surface area contributed by atoms with Crippen molar-refractivity contribution in [2.24, 2.45) is 0 Å². The van der Waals surface area contributed by atoms with Gasteiger partial charge in [-0.25, -0.2) is 9.97 Å². The van der Waals surface area contributed by atoms with Crippen LogP contribution in [0.3, 0.4) is 0 Å². The molecule has 0 radical (unpaired) electrons. The molecule has 0 bridgehead atoms. The number of hydrogen-bond donors (Lipinski definition) is 0. The van der Waals surface area contributed by atoms with Gasteiger partial charge in [0.05, 0.1) is 5.52 Å². The summed E-state index contributed by atoms with van der Waals surface area (Å²) < 4.78 is 6.10. The van der Waals surface area contributed by atoms with E-state index in [-0.39, 0.29) is 11.9 Å². The van der Waals surface area contributed by atoms with Crippen LogP contribution in [0.1, 0.15) is 13.8 Å². The van der Waals surface area contributed by atoms with Crippen LogP contribution in [0.4, 0.5) is 5.82 Å². The predicted octanol–water partition coefficient (Wildman–Crippen LogP) is 4.94. The molecule has 2 aromatic carbocycles. The second kappa shape index (κ2) is 8.87. The maximum absolute atomic E-state index is 13.3. The van der Waals surface area contributed by atoms with E-state index in [2.05, 4.69) is 33.9 Å². The summed E-state index contributed by atoms with van der Waals surface area (Å²) in [6.45, 7) is 5.93. The first kappa shape index (κ1) is 21.5. The average Bonchev–Trinajstić information content (AvgIpc) is 2.83. The zero-order valence-electron chi connectivity index (χ0n) is 18.6. The van der Waals surface area contributed by atoms with Crippen molar-refractivity contribution in [3.8, 4) is 5.75 Å². The van der Waals surface area contributed by atoms with E-state index in [9.17, 15) is 4.79 Å². The molecule has 6 nitrogen and oxygen atoms in total. The van der Waals surface area contributed by atoms with Gasteiger partial charge in [-0.15, -0.1) is 0 Å². The molecule has 4 aromatic rings. The van der Waals surface area contributed by atoms with Crippen LogP contribution in [-0.4, -0.2) is 52.6 Å². The lowest BCUT2D eigenvalue weighted by molar-refractivity contribution is -0.140. The molecule has 0 N–H and O–H groups in total. The van der Waals surface area contributed by atoms with Crippen molar-refractivity contribution >= 4 is 45.0 Å². The third kappa shape index (κ3) is 4.18. The van der Waals surface area contributed by atoms with E-state index in [4.69, 9.17) is 16.3 Å². The Morgan fingerprint density at radius 3 is 2.76 bits per heavy atom. The van der Waals surface area contributed by atoms with E-state index in [0.717, 1.165) is 35.2 Å². The molecule has 2 aromatic heterocycles. The molecule has 0 aliphatic carbocycles. The Morgan fingerprint density at radius 2 is 1.91 bits per heavy atom. The highest BCUT2D eigenvalue weighted by Gasteiger charge is 2.32. The number of rotatable bonds is 4. The number of nitrogens with zero attached hydrogens (tertiary/aromatic N) is 4. The fourth-order valence-corrected chi connectivity index (χ4v) is 4.67. The van der Waals surface area contributed by atoms with E-state index in [1.165, 1.54) is 5.39 Å². The van der Waals surface area contributed by atoms with Crippen LogP contribution in [0.25, 0.3) is 21.7 Å². The first-order valence-electron chi connectivity index (χ1n) is 11.1. The quantitative estimate of drug-likeness (QED) is 0.404. The maximum Gasteiger partial charge on any atom is 0.263 e. The van der Waals surface area contributed by atoms with Gasteiger partial charge >= 0.3 is 0 Å². The van der Waals surface area contributed by atoms with Crippen molar-refractivity contribution in [2.75, 3.05) is 24.5 Å². The molecular formula is C26H25ClN4O2. The number of carbonyl (C=O) groups is 1. The molecule has 0 spiro atoms. The molecule has 1 saturated heterocycles. The van der Waals surface area contributed by atoms with Gasteiger partial charge in [-0.1, -0.05) is 41.9 Å². The Balaban J connectivity index is 1.30. The molecule has 0 saturated carbocycles. The number of benzene rings is 2. The van der Waals surface area contributed by atoms with Crippen molar-refractivity contribution in [3.63, 3.8) is 0 Å². The predicted molar refractivity (Wildman–Crippen MR) is 132 cm³/mol. The minimum absolute atomic E-state index is 0.0213. The summed E-state index contributed by atoms with van der Waals surface area (Å²) in [5.74, 6) is 1.58. The Kier molecular flexibility index (Phi) is 5.77. The van der Waals surface area contributed by atoms with Gasteiger partial charge in [0.25, 0.3) is 5.91 Å². The molecule has 2 atom stereocenters. The van der Waals surface area contributed by atoms with E-state index >= 15 is 0 Å². The molecular weight excluding hydrogens is 436 g/mol. The van der Waals surface area contributed by atoms with Crippen LogP contribution in [0.15, 0.2) is 66.9 Å². The van der Waals surface area contributed by atoms with Crippen LogP contribution < -0.4 is 9.64 Å². The fourth-order valence-electron chi connectivity index (χ4n) is 4.51. The summed E-state index contributed by atoms with van der Waals surface area (Å²) in [7, 11) is 0. The van der Waals surface area contributed by atoms with Crippen molar-refractivity contribution < 1.29 is 9.53 Å². The number of pyridine rings is 2. The molecule has 1 aliphatic rings. The molecule has 1 amide bonds. The Hall–Kier alpha value is -3.38. The highest BCUT2D eigenvalue weighted by Crippen LogP contribution is 2.28. The highest BCUT2D eigenvalue weighted by atomic mass is 35.5. The van der Waals surface area contributed by atoms with Crippen LogP contribution >= 0.6 is 11.6 Å². The molecule has 168 valence electrons. The minimum Gasteiger partial charge on any atom is -0.480 e. The maximum atomic E-state index is 13.3. The fraction of sp³-hybridized carbons (Fsp3) is 0.269. The van der Waals surface area contributed by atoms with Gasteiger partial charge in [-0.3, -0.25) is 4.79 Å². The molecule has 7 heteroatoms. The SMILES string of the molecule is CC1CN(c2nccc3ccccc23)CCN1C(=O)[C@H](C)Oc1cccc2nc(Cl)ccc12. The van der Waals surface area contributed by atoms with E-state index in [0.29, 0.717) is 17.4 Å². The first-order valence-corrected chi connectivity index (χ1v) is 11.5. The monoisotopic (exact) mass is 460 g/mol. The molecule has 5 rings (SSSR count). The molecule has 33 heavy (non-hydrogen) atoms. The zero-order valence-corrected chi connectivity index (χ0v) is 19.4. The molecule has 3 heterocycles. The van der Waals surface area contributed by atoms with Gasteiger partial charge < -0.3 is 14.5 Å². The topological polar surface area (TPSA) is 58.6 Å². The molecule has 1 unspecified atom stereocenters. The van der Waals surface area contributed by atoms with E-state index in [1.54, 1.807) is 13.0 Å². The number of fused-ring (bicyclic) bond motifs is 2. The summed E-state index contributed by atoms with van der Waals surface area (Å²) in [6.07, 6.45) is 1.23. The number of hydrogen-bond acceptors (Lipinski definition) is 5. The van der Waals surface area contributed by atoms with E-state index < -0.39 is 6.10 Å². The number of aromatic nitrogens is 2. The standard InChI is InChI=1S/C26H25ClN4O2/c1-17-16-30(25-20-7-4-3-6-19(20)12-13-28-25)14-15-31(17)26(32)18(2)33-23-9-5-8-22-21(23)10-11-24(27)29-22/h3-13,17-18H,14-16H2,1-2H3/t17?,18-/m0/s1. The van der Waals surface area contributed by atoms with Crippen LogP contribution in [0.2, 0.25) is 5.15 Å². The average molecular weight is 461 g/mol. The number of amides is 1. The summed E-state index contributed by atoms with van der Waals surface area (Å²) in [4.78, 5) is 26.4. The number of anilines is 1. The van der Waals surface area contributed by atoms with Crippen LogP contribution in [0.5, 0.6) is 5.75 Å². The van der Waals surface area contributed by atoms with Crippen molar-refractivity contribution in [3.05, 3.63) is 72.0 Å². The number of ether oxygens (including phenoxy) is 1. The normalized spacial score (nSPS) is 17.4. The lowest BCUT2D eigenvalue weighted by atomic mass is 10.1. The lowest BCUT2D eigenvalue weighted by Gasteiger charge is -2.41. The van der Waals surface area contributed by atoms with Crippen molar-refractivity contribution in [1.29, 1.82) is 0 Å². The second-order valence-corrected chi connectivity index (χ2v) is 8.79. The first-order chi connectivity index (χ1) is 16.0. The summed E-state index contributed by atoms with van der Waals surface area (Å²) in [5.41, 5.74) is 0.740.